The van der Waals surface area contributed by atoms with Gasteiger partial charge >= 0.3 is 0 Å². The highest BCUT2D eigenvalue weighted by molar-refractivity contribution is 7.15. The molecule has 0 bridgehead atoms. The molecule has 0 saturated carbocycles. The van der Waals surface area contributed by atoms with Crippen molar-refractivity contribution in [3.8, 4) is 10.8 Å². The third kappa shape index (κ3) is 8.19. The zero-order chi connectivity index (χ0) is 40.4. The molecule has 296 valence electrons. The number of carbonyl (C=O) groups is 5. The minimum absolute atomic E-state index is 0.0737. The SMILES string of the molecule is C=C1CCC(N2C(=O)c3cccc(OCC(=O)CCCCCCCNC(=O)C[C@@H]4N=C(c5ccc(Cl)cc5)c5c(sc(C)c5C)-n5c(C)nnc54)c3C2=O)C(=O)N1. The molecule has 57 heavy (non-hydrogen) atoms. The Morgan fingerprint density at radius 2 is 1.74 bits per heavy atom. The molecule has 2 aromatic carbocycles. The molecule has 2 N–H and O–H groups in total. The van der Waals surface area contributed by atoms with Gasteiger partial charge in [-0.2, -0.15) is 0 Å². The molecule has 0 aliphatic carbocycles. The van der Waals surface area contributed by atoms with Gasteiger partial charge in [0.2, 0.25) is 11.8 Å². The number of hydrogen-bond donors (Lipinski definition) is 2. The lowest BCUT2D eigenvalue weighted by Crippen LogP contribution is -2.51. The van der Waals surface area contributed by atoms with Gasteiger partial charge in [-0.1, -0.05) is 55.6 Å². The van der Waals surface area contributed by atoms with Crippen LogP contribution in [0.5, 0.6) is 5.75 Å². The van der Waals surface area contributed by atoms with Crippen molar-refractivity contribution in [2.45, 2.75) is 90.6 Å². The lowest BCUT2D eigenvalue weighted by molar-refractivity contribution is -0.125. The van der Waals surface area contributed by atoms with Crippen LogP contribution in [0.15, 0.2) is 59.7 Å². The van der Waals surface area contributed by atoms with E-state index in [-0.39, 0.29) is 41.6 Å². The summed E-state index contributed by atoms with van der Waals surface area (Å²) in [5.74, 6) is -0.332. The minimum atomic E-state index is -0.928. The first kappa shape index (κ1) is 39.8. The molecule has 1 fully saturated rings. The van der Waals surface area contributed by atoms with Gasteiger partial charge in [0.05, 0.1) is 23.3 Å². The summed E-state index contributed by atoms with van der Waals surface area (Å²) in [6.07, 6.45) is 5.27. The van der Waals surface area contributed by atoms with Crippen molar-refractivity contribution < 1.29 is 28.7 Å². The smallest absolute Gasteiger partial charge is 0.266 e. The van der Waals surface area contributed by atoms with E-state index < -0.39 is 29.8 Å². The molecule has 1 unspecified atom stereocenters. The van der Waals surface area contributed by atoms with E-state index in [1.54, 1.807) is 23.5 Å². The maximum absolute atomic E-state index is 13.3. The summed E-state index contributed by atoms with van der Waals surface area (Å²) in [7, 11) is 0. The number of aryl methyl sites for hydroxylation is 2. The fraction of sp³-hybridized carbons (Fsp3) is 0.381. The molecular weight excluding hydrogens is 766 g/mol. The van der Waals surface area contributed by atoms with E-state index in [2.05, 4.69) is 41.3 Å². The summed E-state index contributed by atoms with van der Waals surface area (Å²) in [5, 5.41) is 16.2. The van der Waals surface area contributed by atoms with Crippen LogP contribution in [0.1, 0.15) is 118 Å². The number of unbranched alkanes of at least 4 members (excludes halogenated alkanes) is 4. The van der Waals surface area contributed by atoms with E-state index in [0.29, 0.717) is 48.8 Å². The van der Waals surface area contributed by atoms with E-state index in [0.717, 1.165) is 63.8 Å². The van der Waals surface area contributed by atoms with Crippen LogP contribution in [-0.2, 0) is 14.4 Å². The molecular formula is C42H44ClN7O6S. The summed E-state index contributed by atoms with van der Waals surface area (Å²) in [6.45, 7) is 10.1. The maximum atomic E-state index is 13.3. The molecule has 0 radical (unpaired) electrons. The minimum Gasteiger partial charge on any atom is -0.485 e. The average molecular weight is 810 g/mol. The first-order chi connectivity index (χ1) is 27.4. The standard InChI is InChI=1S/C42H44ClN7O6S/c1-23-14-19-32(39(53)45-23)50-40(54)30-12-10-13-33(36(30)41(50)55)56-22-29(51)11-8-6-5-7-9-20-44-34(52)21-31-38-48-47-26(4)49(38)42-35(24(2)25(3)57-42)37(46-31)27-15-17-28(43)18-16-27/h10,12-13,15-18,31-32H,1,5-9,11,14,19-22H2,2-4H3,(H,44,52)(H,45,53)/t31-,32?/m0/s1. The van der Waals surface area contributed by atoms with Crippen LogP contribution < -0.4 is 15.4 Å². The highest BCUT2D eigenvalue weighted by Crippen LogP contribution is 2.40. The van der Waals surface area contributed by atoms with E-state index in [1.165, 1.54) is 10.9 Å². The van der Waals surface area contributed by atoms with Crippen LogP contribution in [0.3, 0.4) is 0 Å². The van der Waals surface area contributed by atoms with Gasteiger partial charge in [0.15, 0.2) is 11.6 Å². The molecule has 13 nitrogen and oxygen atoms in total. The number of nitrogens with one attached hydrogen (secondary N) is 2. The second-order valence-corrected chi connectivity index (χ2v) is 16.2. The van der Waals surface area contributed by atoms with E-state index in [4.69, 9.17) is 21.3 Å². The van der Waals surface area contributed by atoms with Gasteiger partial charge in [-0.3, -0.25) is 38.4 Å². The molecule has 4 amide bonds. The molecule has 1 saturated heterocycles. The van der Waals surface area contributed by atoms with Crippen LogP contribution in [0.2, 0.25) is 5.02 Å². The summed E-state index contributed by atoms with van der Waals surface area (Å²) < 4.78 is 7.78. The van der Waals surface area contributed by atoms with Crippen molar-refractivity contribution in [1.29, 1.82) is 0 Å². The van der Waals surface area contributed by atoms with Crippen molar-refractivity contribution in [2.75, 3.05) is 13.2 Å². The third-order valence-electron chi connectivity index (χ3n) is 10.6. The molecule has 7 rings (SSSR count). The highest BCUT2D eigenvalue weighted by Gasteiger charge is 2.45. The maximum Gasteiger partial charge on any atom is 0.266 e. The fourth-order valence-corrected chi connectivity index (χ4v) is 8.84. The summed E-state index contributed by atoms with van der Waals surface area (Å²) in [4.78, 5) is 72.3. The number of benzene rings is 2. The summed E-state index contributed by atoms with van der Waals surface area (Å²) in [5.41, 5.74) is 4.64. The Morgan fingerprint density at radius 1 is 0.982 bits per heavy atom. The number of imide groups is 1. The number of ketones is 1. The predicted octanol–water partition coefficient (Wildman–Crippen LogP) is 6.68. The zero-order valence-corrected chi connectivity index (χ0v) is 33.7. The van der Waals surface area contributed by atoms with Crippen molar-refractivity contribution in [3.05, 3.63) is 104 Å². The fourth-order valence-electron chi connectivity index (χ4n) is 7.50. The van der Waals surface area contributed by atoms with Gasteiger partial charge in [-0.15, -0.1) is 21.5 Å². The quantitative estimate of drug-likeness (QED) is 0.0992. The Balaban J connectivity index is 0.855. The third-order valence-corrected chi connectivity index (χ3v) is 12.1. The Kier molecular flexibility index (Phi) is 11.8. The molecule has 3 aliphatic rings. The number of amides is 4. The molecule has 2 aromatic heterocycles. The number of carbonyl (C=O) groups excluding carboxylic acids is 5. The lowest BCUT2D eigenvalue weighted by atomic mass is 9.99. The molecule has 5 heterocycles. The first-order valence-corrected chi connectivity index (χ1v) is 20.4. The molecule has 15 heteroatoms. The van der Waals surface area contributed by atoms with Gasteiger partial charge in [0.25, 0.3) is 11.8 Å². The molecule has 4 aromatic rings. The van der Waals surface area contributed by atoms with E-state index >= 15 is 0 Å². The summed E-state index contributed by atoms with van der Waals surface area (Å²) in [6, 6.07) is 10.8. The number of nitrogens with zero attached hydrogens (tertiary/aromatic N) is 5. The first-order valence-electron chi connectivity index (χ1n) is 19.2. The number of aliphatic imine (C=N–C) groups is 1. The number of rotatable bonds is 15. The van der Waals surface area contributed by atoms with Gasteiger partial charge in [-0.05, 0) is 76.3 Å². The van der Waals surface area contributed by atoms with Gasteiger partial charge in [0, 0.05) is 39.7 Å². The zero-order valence-electron chi connectivity index (χ0n) is 32.2. The highest BCUT2D eigenvalue weighted by atomic mass is 35.5. The largest absolute Gasteiger partial charge is 0.485 e. The molecule has 3 aliphatic heterocycles. The monoisotopic (exact) mass is 809 g/mol. The van der Waals surface area contributed by atoms with Crippen molar-refractivity contribution >= 4 is 58.1 Å². The van der Waals surface area contributed by atoms with Gasteiger partial charge in [-0.25, -0.2) is 0 Å². The van der Waals surface area contributed by atoms with Crippen LogP contribution in [0.4, 0.5) is 0 Å². The second-order valence-electron chi connectivity index (χ2n) is 14.6. The number of ether oxygens (including phenoxy) is 1. The number of thiophene rings is 1. The Bertz CT molecular complexity index is 2310. The number of Topliss-reactive ketones (excluding diaryl/α,β-unsaturated/α-hetero) is 1. The van der Waals surface area contributed by atoms with Crippen LogP contribution in [-0.4, -0.2) is 74.0 Å². The molecule has 2 atom stereocenters. The second kappa shape index (κ2) is 16.9. The van der Waals surface area contributed by atoms with Crippen molar-refractivity contribution in [3.63, 3.8) is 0 Å². The van der Waals surface area contributed by atoms with Gasteiger partial charge in [0.1, 0.15) is 35.3 Å². The Morgan fingerprint density at radius 3 is 2.51 bits per heavy atom. The summed E-state index contributed by atoms with van der Waals surface area (Å²) >= 11 is 7.89. The number of aromatic nitrogens is 3. The number of halogens is 1. The van der Waals surface area contributed by atoms with E-state index in [9.17, 15) is 24.0 Å². The van der Waals surface area contributed by atoms with Crippen LogP contribution in [0.25, 0.3) is 5.00 Å². The Labute approximate surface area is 339 Å². The van der Waals surface area contributed by atoms with Crippen molar-refractivity contribution in [1.82, 2.24) is 30.3 Å². The van der Waals surface area contributed by atoms with E-state index in [1.807, 2.05) is 35.8 Å². The number of piperidine rings is 1. The number of hydrogen-bond acceptors (Lipinski definition) is 10. The Hall–Kier alpha value is -5.47. The molecule has 0 spiro atoms. The number of fused-ring (bicyclic) bond motifs is 4. The van der Waals surface area contributed by atoms with Crippen LogP contribution >= 0.6 is 22.9 Å². The lowest BCUT2D eigenvalue weighted by Gasteiger charge is -2.29. The normalized spacial score (nSPS) is 17.4. The van der Waals surface area contributed by atoms with Crippen molar-refractivity contribution in [2.24, 2.45) is 4.99 Å². The topological polar surface area (TPSA) is 165 Å². The number of allylic oxidation sites excluding steroid dienone is 1. The van der Waals surface area contributed by atoms with Crippen LogP contribution in [0, 0.1) is 20.8 Å². The average Bonchev–Trinajstić information content (AvgIpc) is 3.76. The predicted molar refractivity (Wildman–Crippen MR) is 216 cm³/mol. The van der Waals surface area contributed by atoms with Gasteiger partial charge < -0.3 is 15.4 Å².